The molecule has 4 nitrogen and oxygen atoms in total. The zero-order valence-electron chi connectivity index (χ0n) is 7.79. The second-order valence-electron chi connectivity index (χ2n) is 2.52. The highest BCUT2D eigenvalue weighted by Crippen LogP contribution is 1.76. The van der Waals surface area contributed by atoms with Gasteiger partial charge in [0.15, 0.2) is 5.96 Å². The summed E-state index contributed by atoms with van der Waals surface area (Å²) in [6.45, 7) is 4.72. The lowest BCUT2D eigenvalue weighted by Gasteiger charge is -2.13. The maximum Gasteiger partial charge on any atom is 0.191 e. The van der Waals surface area contributed by atoms with Crippen LogP contribution in [0.3, 0.4) is 0 Å². The molecule has 0 aliphatic rings. The molecule has 0 unspecified atom stereocenters. The number of halogens is 1. The molecule has 0 rings (SSSR count). The number of aliphatic imine (C=N–C) groups is 1. The molecule has 0 aromatic rings. The summed E-state index contributed by atoms with van der Waals surface area (Å²) < 4.78 is 0. The highest BCUT2D eigenvalue weighted by Gasteiger charge is 1.96. The Morgan fingerprint density at radius 1 is 1.50 bits per heavy atom. The zero-order chi connectivity index (χ0) is 8.69. The van der Waals surface area contributed by atoms with Gasteiger partial charge in [0.2, 0.25) is 0 Å². The minimum atomic E-state index is 0. The first-order valence-electron chi connectivity index (χ1n) is 3.78. The smallest absolute Gasteiger partial charge is 0.191 e. The number of rotatable bonds is 3. The minimum absolute atomic E-state index is 0. The first-order valence-corrected chi connectivity index (χ1v) is 3.78. The normalized spacial score (nSPS) is 10.9. The molecule has 0 bridgehead atoms. The summed E-state index contributed by atoms with van der Waals surface area (Å²) in [4.78, 5) is 3.95. The van der Waals surface area contributed by atoms with Gasteiger partial charge in [-0.2, -0.15) is 0 Å². The van der Waals surface area contributed by atoms with E-state index < -0.39 is 0 Å². The van der Waals surface area contributed by atoms with Crippen molar-refractivity contribution < 1.29 is 5.11 Å². The van der Waals surface area contributed by atoms with Gasteiger partial charge in [-0.25, -0.2) is 0 Å². The largest absolute Gasteiger partial charge is 0.395 e. The van der Waals surface area contributed by atoms with Crippen LogP contribution in [-0.2, 0) is 0 Å². The highest BCUT2D eigenvalue weighted by atomic mass is 127. The van der Waals surface area contributed by atoms with Crippen molar-refractivity contribution in [2.24, 2.45) is 4.99 Å². The van der Waals surface area contributed by atoms with Crippen LogP contribution in [0.25, 0.3) is 0 Å². The van der Waals surface area contributed by atoms with E-state index in [2.05, 4.69) is 15.6 Å². The van der Waals surface area contributed by atoms with E-state index in [4.69, 9.17) is 5.11 Å². The summed E-state index contributed by atoms with van der Waals surface area (Å²) in [5.74, 6) is 0.731. The molecule has 0 fully saturated rings. The van der Waals surface area contributed by atoms with E-state index in [1.165, 1.54) is 0 Å². The van der Waals surface area contributed by atoms with Crippen LogP contribution < -0.4 is 10.6 Å². The number of guanidine groups is 1. The second kappa shape index (κ2) is 9.05. The van der Waals surface area contributed by atoms with Crippen molar-refractivity contribution in [3.05, 3.63) is 0 Å². The van der Waals surface area contributed by atoms with Crippen LogP contribution in [0, 0.1) is 0 Å². The van der Waals surface area contributed by atoms with Gasteiger partial charge < -0.3 is 15.7 Å². The molecule has 0 aromatic carbocycles. The quantitative estimate of drug-likeness (QED) is 0.394. The van der Waals surface area contributed by atoms with Crippen molar-refractivity contribution in [1.82, 2.24) is 10.6 Å². The summed E-state index contributed by atoms with van der Waals surface area (Å²) in [5, 5.41) is 14.5. The van der Waals surface area contributed by atoms with E-state index in [1.54, 1.807) is 7.05 Å². The van der Waals surface area contributed by atoms with Gasteiger partial charge in [0.1, 0.15) is 0 Å². The van der Waals surface area contributed by atoms with E-state index in [-0.39, 0.29) is 30.6 Å². The van der Waals surface area contributed by atoms with Crippen LogP contribution in [0.4, 0.5) is 0 Å². The van der Waals surface area contributed by atoms with E-state index in [0.29, 0.717) is 12.6 Å². The number of aliphatic hydroxyl groups excluding tert-OH is 1. The van der Waals surface area contributed by atoms with E-state index in [9.17, 15) is 0 Å². The van der Waals surface area contributed by atoms with Crippen molar-refractivity contribution in [2.45, 2.75) is 19.9 Å². The lowest BCUT2D eigenvalue weighted by molar-refractivity contribution is 0.300. The number of nitrogens with zero attached hydrogens (tertiary/aromatic N) is 1. The van der Waals surface area contributed by atoms with Crippen molar-refractivity contribution in [3.8, 4) is 0 Å². The molecule has 12 heavy (non-hydrogen) atoms. The molecule has 3 N–H and O–H groups in total. The molecule has 0 spiro atoms. The number of hydrogen-bond acceptors (Lipinski definition) is 2. The average molecular weight is 287 g/mol. The SMILES string of the molecule is CN=C(NCCO)NC(C)C.I. The third-order valence-electron chi connectivity index (χ3n) is 1.05. The van der Waals surface area contributed by atoms with Gasteiger partial charge in [-0.05, 0) is 13.8 Å². The molecule has 0 heterocycles. The lowest BCUT2D eigenvalue weighted by Crippen LogP contribution is -2.42. The van der Waals surface area contributed by atoms with E-state index in [1.807, 2.05) is 13.8 Å². The maximum absolute atomic E-state index is 8.50. The van der Waals surface area contributed by atoms with Crippen LogP contribution in [0.15, 0.2) is 4.99 Å². The van der Waals surface area contributed by atoms with Crippen LogP contribution in [0.1, 0.15) is 13.8 Å². The second-order valence-corrected chi connectivity index (χ2v) is 2.52. The molecule has 0 saturated carbocycles. The summed E-state index contributed by atoms with van der Waals surface area (Å²) in [5.41, 5.74) is 0. The summed E-state index contributed by atoms with van der Waals surface area (Å²) >= 11 is 0. The first kappa shape index (κ1) is 14.5. The standard InChI is InChI=1S/C7H17N3O.HI/c1-6(2)10-7(8-3)9-4-5-11;/h6,11H,4-5H2,1-3H3,(H2,8,9,10);1H. The number of aliphatic hydroxyl groups is 1. The van der Waals surface area contributed by atoms with Crippen LogP contribution in [0.5, 0.6) is 0 Å². The topological polar surface area (TPSA) is 56.7 Å². The number of nitrogens with one attached hydrogen (secondary N) is 2. The molecule has 0 aromatic heterocycles. The van der Waals surface area contributed by atoms with Crippen LogP contribution in [0.2, 0.25) is 0 Å². The maximum atomic E-state index is 8.50. The van der Waals surface area contributed by atoms with Crippen molar-refractivity contribution in [1.29, 1.82) is 0 Å². The van der Waals surface area contributed by atoms with Crippen LogP contribution >= 0.6 is 24.0 Å². The van der Waals surface area contributed by atoms with Crippen molar-refractivity contribution in [2.75, 3.05) is 20.2 Å². The molecule has 0 atom stereocenters. The van der Waals surface area contributed by atoms with Crippen molar-refractivity contribution in [3.63, 3.8) is 0 Å². The molecular weight excluding hydrogens is 269 g/mol. The van der Waals surface area contributed by atoms with Crippen LogP contribution in [-0.4, -0.2) is 37.3 Å². The predicted molar refractivity (Wildman–Crippen MR) is 62.1 cm³/mol. The Labute approximate surface area is 90.9 Å². The summed E-state index contributed by atoms with van der Waals surface area (Å²) in [6.07, 6.45) is 0. The molecule has 0 amide bonds. The Bertz CT molecular complexity index is 128. The molecule has 0 aliphatic carbocycles. The fraction of sp³-hybridized carbons (Fsp3) is 0.857. The third-order valence-corrected chi connectivity index (χ3v) is 1.05. The van der Waals surface area contributed by atoms with Gasteiger partial charge in [-0.3, -0.25) is 4.99 Å². The molecule has 0 saturated heterocycles. The molecule has 5 heteroatoms. The molecular formula is C7H18IN3O. The highest BCUT2D eigenvalue weighted by molar-refractivity contribution is 14.0. The Hall–Kier alpha value is -0.0400. The van der Waals surface area contributed by atoms with Gasteiger partial charge >= 0.3 is 0 Å². The van der Waals surface area contributed by atoms with E-state index in [0.717, 1.165) is 5.96 Å². The minimum Gasteiger partial charge on any atom is -0.395 e. The molecule has 0 aliphatic heterocycles. The average Bonchev–Trinajstić information content (AvgIpc) is 1.97. The number of hydrogen-bond donors (Lipinski definition) is 3. The Morgan fingerprint density at radius 2 is 2.08 bits per heavy atom. The summed E-state index contributed by atoms with van der Waals surface area (Å²) in [6, 6.07) is 0.361. The third kappa shape index (κ3) is 8.06. The lowest BCUT2D eigenvalue weighted by atomic mass is 10.4. The van der Waals surface area contributed by atoms with Crippen molar-refractivity contribution >= 4 is 29.9 Å². The Balaban J connectivity index is 0. The fourth-order valence-corrected chi connectivity index (χ4v) is 0.642. The molecule has 0 radical (unpaired) electrons. The van der Waals surface area contributed by atoms with E-state index >= 15 is 0 Å². The van der Waals surface area contributed by atoms with Gasteiger partial charge in [0.05, 0.1) is 6.61 Å². The van der Waals surface area contributed by atoms with Gasteiger partial charge in [0, 0.05) is 19.6 Å². The Morgan fingerprint density at radius 3 is 2.42 bits per heavy atom. The monoisotopic (exact) mass is 287 g/mol. The predicted octanol–water partition coefficient (Wildman–Crippen LogP) is 0.170. The molecule has 74 valence electrons. The van der Waals surface area contributed by atoms with Gasteiger partial charge in [0.25, 0.3) is 0 Å². The zero-order valence-corrected chi connectivity index (χ0v) is 10.1. The Kier molecular flexibility index (Phi) is 10.9. The van der Waals surface area contributed by atoms with Gasteiger partial charge in [-0.1, -0.05) is 0 Å². The first-order chi connectivity index (χ1) is 5.20. The fourth-order valence-electron chi connectivity index (χ4n) is 0.642. The summed E-state index contributed by atoms with van der Waals surface area (Å²) in [7, 11) is 1.70. The van der Waals surface area contributed by atoms with Gasteiger partial charge in [-0.15, -0.1) is 24.0 Å².